The van der Waals surface area contributed by atoms with Gasteiger partial charge in [-0.15, -0.1) is 0 Å². The number of anilines is 2. The maximum Gasteiger partial charge on any atom is 0.411 e. The van der Waals surface area contributed by atoms with E-state index in [4.69, 9.17) is 9.47 Å². The van der Waals surface area contributed by atoms with E-state index in [2.05, 4.69) is 16.7 Å². The van der Waals surface area contributed by atoms with Crippen LogP contribution >= 0.6 is 0 Å². The second kappa shape index (κ2) is 10.9. The summed E-state index contributed by atoms with van der Waals surface area (Å²) in [5, 5.41) is 14.7. The van der Waals surface area contributed by atoms with Crippen LogP contribution in [0.2, 0.25) is 0 Å². The lowest BCUT2D eigenvalue weighted by Gasteiger charge is -2.22. The van der Waals surface area contributed by atoms with Gasteiger partial charge in [0.15, 0.2) is 6.10 Å². The Hall–Kier alpha value is -3.53. The summed E-state index contributed by atoms with van der Waals surface area (Å²) in [6.07, 6.45) is -1.35. The quantitative estimate of drug-likeness (QED) is 0.652. The van der Waals surface area contributed by atoms with Crippen LogP contribution < -0.4 is 15.4 Å². The minimum Gasteiger partial charge on any atom is -0.479 e. The lowest BCUT2D eigenvalue weighted by Crippen LogP contribution is -2.37. The molecule has 0 radical (unpaired) electrons. The molecule has 30 heavy (non-hydrogen) atoms. The molecule has 2 amide bonds. The number of para-hydroxylation sites is 1. The molecule has 0 fully saturated rings. The Morgan fingerprint density at radius 1 is 1.00 bits per heavy atom. The fraction of sp³-hybridized carbons (Fsp3) is 0.348. The molecule has 2 aromatic rings. The van der Waals surface area contributed by atoms with Crippen molar-refractivity contribution in [2.75, 3.05) is 17.2 Å². The summed E-state index contributed by atoms with van der Waals surface area (Å²) in [5.74, 6) is 0.110. The van der Waals surface area contributed by atoms with E-state index in [1.165, 1.54) is 0 Å². The molecule has 0 bridgehead atoms. The minimum absolute atomic E-state index is 0.135. The van der Waals surface area contributed by atoms with E-state index in [1.807, 2.05) is 27.7 Å². The van der Waals surface area contributed by atoms with Crippen LogP contribution in [0.5, 0.6) is 5.75 Å². The third-order valence-electron chi connectivity index (χ3n) is 4.05. The van der Waals surface area contributed by atoms with Crippen LogP contribution in [0.25, 0.3) is 0 Å². The Morgan fingerprint density at radius 3 is 2.30 bits per heavy atom. The van der Waals surface area contributed by atoms with Crippen LogP contribution in [0.3, 0.4) is 0 Å². The number of nitriles is 1. The normalized spacial score (nSPS) is 11.5. The van der Waals surface area contributed by atoms with Gasteiger partial charge in [-0.2, -0.15) is 5.26 Å². The summed E-state index contributed by atoms with van der Waals surface area (Å²) in [4.78, 5) is 24.7. The molecule has 1 unspecified atom stereocenters. The van der Waals surface area contributed by atoms with Gasteiger partial charge in [-0.1, -0.05) is 45.9 Å². The molecule has 7 heteroatoms. The Labute approximate surface area is 177 Å². The highest BCUT2D eigenvalue weighted by Crippen LogP contribution is 2.22. The Morgan fingerprint density at radius 2 is 1.67 bits per heavy atom. The number of carbonyl (C=O) groups excluding carboxylic acids is 2. The summed E-state index contributed by atoms with van der Waals surface area (Å²) >= 11 is 0. The third kappa shape index (κ3) is 6.82. The van der Waals surface area contributed by atoms with Gasteiger partial charge in [0, 0.05) is 11.4 Å². The van der Waals surface area contributed by atoms with Crippen LogP contribution in [-0.4, -0.2) is 24.7 Å². The van der Waals surface area contributed by atoms with Crippen molar-refractivity contribution in [1.82, 2.24) is 0 Å². The first-order valence-electron chi connectivity index (χ1n) is 9.80. The van der Waals surface area contributed by atoms with E-state index in [0.29, 0.717) is 29.3 Å². The summed E-state index contributed by atoms with van der Waals surface area (Å²) in [6.45, 7) is 7.95. The van der Waals surface area contributed by atoms with E-state index >= 15 is 0 Å². The number of benzene rings is 2. The molecule has 7 nitrogen and oxygen atoms in total. The lowest BCUT2D eigenvalue weighted by molar-refractivity contribution is -0.124. The summed E-state index contributed by atoms with van der Waals surface area (Å²) in [5.41, 5.74) is 1.37. The van der Waals surface area contributed by atoms with Gasteiger partial charge in [0.05, 0.1) is 12.2 Å². The number of nitrogens with zero attached hydrogens (tertiary/aromatic N) is 1. The number of hydrogen-bond acceptors (Lipinski definition) is 5. The van der Waals surface area contributed by atoms with Crippen molar-refractivity contribution in [3.8, 4) is 11.8 Å². The van der Waals surface area contributed by atoms with Gasteiger partial charge >= 0.3 is 6.09 Å². The van der Waals surface area contributed by atoms with Gasteiger partial charge in [0.25, 0.3) is 5.91 Å². The van der Waals surface area contributed by atoms with Crippen molar-refractivity contribution < 1.29 is 19.1 Å². The van der Waals surface area contributed by atoms with Crippen LogP contribution in [0.4, 0.5) is 16.2 Å². The van der Waals surface area contributed by atoms with Crippen molar-refractivity contribution in [2.24, 2.45) is 11.8 Å². The average molecular weight is 409 g/mol. The van der Waals surface area contributed by atoms with Gasteiger partial charge in [-0.25, -0.2) is 4.79 Å². The molecule has 158 valence electrons. The summed E-state index contributed by atoms with van der Waals surface area (Å²) in [6, 6.07) is 15.6. The highest BCUT2D eigenvalue weighted by Gasteiger charge is 2.25. The van der Waals surface area contributed by atoms with Crippen molar-refractivity contribution in [2.45, 2.75) is 33.8 Å². The van der Waals surface area contributed by atoms with Crippen LogP contribution in [0, 0.1) is 23.2 Å². The topological polar surface area (TPSA) is 100 Å². The Bertz CT molecular complexity index is 919. The Kier molecular flexibility index (Phi) is 8.24. The molecular weight excluding hydrogens is 382 g/mol. The van der Waals surface area contributed by atoms with Gasteiger partial charge in [-0.05, 0) is 42.2 Å². The predicted molar refractivity (Wildman–Crippen MR) is 115 cm³/mol. The minimum atomic E-state index is -0.799. The highest BCUT2D eigenvalue weighted by atomic mass is 16.5. The maximum atomic E-state index is 12.8. The molecule has 2 N–H and O–H groups in total. The van der Waals surface area contributed by atoms with Crippen molar-refractivity contribution >= 4 is 23.4 Å². The molecule has 1 atom stereocenters. The monoisotopic (exact) mass is 409 g/mol. The number of rotatable bonds is 8. The molecular formula is C23H27N3O4. The smallest absolute Gasteiger partial charge is 0.411 e. The van der Waals surface area contributed by atoms with Crippen molar-refractivity contribution in [3.63, 3.8) is 0 Å². The van der Waals surface area contributed by atoms with E-state index in [0.717, 1.165) is 0 Å². The lowest BCUT2D eigenvalue weighted by atomic mass is 10.1. The number of hydrogen-bond donors (Lipinski definition) is 2. The second-order valence-corrected chi connectivity index (χ2v) is 7.58. The first-order chi connectivity index (χ1) is 14.3. The number of carbonyl (C=O) groups is 2. The Balaban J connectivity index is 2.07. The zero-order valence-corrected chi connectivity index (χ0v) is 17.6. The van der Waals surface area contributed by atoms with Gasteiger partial charge in [-0.3, -0.25) is 10.1 Å². The molecule has 0 aliphatic heterocycles. The average Bonchev–Trinajstić information content (AvgIpc) is 2.70. The SMILES string of the molecule is CC(C)COC(=O)Nc1cccc(NC(=O)C(Oc2ccccc2C#N)C(C)C)c1. The molecule has 0 saturated carbocycles. The zero-order chi connectivity index (χ0) is 22.1. The van der Waals surface area contributed by atoms with Crippen LogP contribution in [0.1, 0.15) is 33.3 Å². The van der Waals surface area contributed by atoms with Crippen molar-refractivity contribution in [3.05, 3.63) is 54.1 Å². The molecule has 0 aliphatic carbocycles. The summed E-state index contributed by atoms with van der Waals surface area (Å²) < 4.78 is 11.0. The number of ether oxygens (including phenoxy) is 2. The van der Waals surface area contributed by atoms with E-state index < -0.39 is 12.2 Å². The second-order valence-electron chi connectivity index (χ2n) is 7.58. The molecule has 0 saturated heterocycles. The van der Waals surface area contributed by atoms with E-state index in [9.17, 15) is 14.9 Å². The molecule has 0 aliphatic rings. The maximum absolute atomic E-state index is 12.8. The molecule has 0 aromatic heterocycles. The number of nitrogens with one attached hydrogen (secondary N) is 2. The molecule has 0 spiro atoms. The first-order valence-corrected chi connectivity index (χ1v) is 9.80. The van der Waals surface area contributed by atoms with Gasteiger partial charge in [0.2, 0.25) is 0 Å². The molecule has 2 rings (SSSR count). The van der Waals surface area contributed by atoms with Gasteiger partial charge < -0.3 is 14.8 Å². The number of amides is 2. The molecule has 0 heterocycles. The van der Waals surface area contributed by atoms with E-state index in [-0.39, 0.29) is 17.7 Å². The fourth-order valence-corrected chi connectivity index (χ4v) is 2.58. The zero-order valence-electron chi connectivity index (χ0n) is 17.6. The van der Waals surface area contributed by atoms with Crippen LogP contribution in [0.15, 0.2) is 48.5 Å². The summed E-state index contributed by atoms with van der Waals surface area (Å²) in [7, 11) is 0. The molecule has 2 aromatic carbocycles. The van der Waals surface area contributed by atoms with Crippen LogP contribution in [-0.2, 0) is 9.53 Å². The third-order valence-corrected chi connectivity index (χ3v) is 4.05. The standard InChI is InChI=1S/C23H27N3O4/c1-15(2)14-29-23(28)26-19-10-7-9-18(12-19)25-22(27)21(16(3)4)30-20-11-6-5-8-17(20)13-24/h5-12,15-16,21H,14H2,1-4H3,(H,25,27)(H,26,28). The predicted octanol–water partition coefficient (Wildman–Crippen LogP) is 4.80. The fourth-order valence-electron chi connectivity index (χ4n) is 2.58. The van der Waals surface area contributed by atoms with Gasteiger partial charge in [0.1, 0.15) is 11.8 Å². The first kappa shape index (κ1) is 22.8. The van der Waals surface area contributed by atoms with Crippen molar-refractivity contribution in [1.29, 1.82) is 5.26 Å². The van der Waals surface area contributed by atoms with E-state index in [1.54, 1.807) is 48.5 Å². The largest absolute Gasteiger partial charge is 0.479 e. The highest BCUT2D eigenvalue weighted by molar-refractivity contribution is 5.95.